The number of aryl methyl sites for hydroxylation is 1. The van der Waals surface area contributed by atoms with Crippen LogP contribution in [0.2, 0.25) is 0 Å². The van der Waals surface area contributed by atoms with E-state index in [0.29, 0.717) is 31.9 Å². The van der Waals surface area contributed by atoms with Crippen LogP contribution in [0.4, 0.5) is 0 Å². The van der Waals surface area contributed by atoms with Crippen LogP contribution in [0.1, 0.15) is 11.1 Å². The van der Waals surface area contributed by atoms with Gasteiger partial charge in [-0.05, 0) is 13.0 Å². The molecule has 2 aliphatic heterocycles. The predicted molar refractivity (Wildman–Crippen MR) is 89.9 cm³/mol. The summed E-state index contributed by atoms with van der Waals surface area (Å²) in [7, 11) is -2.59. The lowest BCUT2D eigenvalue weighted by atomic mass is 10.1. The maximum Gasteiger partial charge on any atom is 0.345 e. The molecule has 1 saturated heterocycles. The minimum absolute atomic E-state index is 0.0995. The number of benzene rings is 1. The Labute approximate surface area is 141 Å². The van der Waals surface area contributed by atoms with Gasteiger partial charge < -0.3 is 9.64 Å². The minimum Gasteiger partial charge on any atom is -0.378 e. The van der Waals surface area contributed by atoms with Crippen LogP contribution in [0.3, 0.4) is 0 Å². The molecule has 0 bridgehead atoms. The van der Waals surface area contributed by atoms with Crippen LogP contribution in [-0.4, -0.2) is 62.6 Å². The number of carbonyl (C=O) groups is 1. The van der Waals surface area contributed by atoms with Gasteiger partial charge in [0.25, 0.3) is 5.91 Å². The molecule has 0 atom stereocenters. The molecule has 7 nitrogen and oxygen atoms in total. The van der Waals surface area contributed by atoms with Crippen molar-refractivity contribution in [3.05, 3.63) is 47.2 Å². The molecular weight excluding hydrogens is 330 g/mol. The SMILES string of the molecule is Cc1ccc(C2=NS(=O)(=O)N(C)C(C(=O)N3CCOCC3)=C2)cc1. The van der Waals surface area contributed by atoms with Gasteiger partial charge in [0.05, 0.1) is 18.9 Å². The Morgan fingerprint density at radius 1 is 1.17 bits per heavy atom. The number of likely N-dealkylation sites (N-methyl/N-ethyl adjacent to an activating group) is 1. The highest BCUT2D eigenvalue weighted by molar-refractivity contribution is 7.88. The van der Waals surface area contributed by atoms with Crippen LogP contribution in [0.25, 0.3) is 0 Å². The molecule has 2 aliphatic rings. The third kappa shape index (κ3) is 3.20. The molecule has 0 aliphatic carbocycles. The van der Waals surface area contributed by atoms with E-state index in [2.05, 4.69) is 4.40 Å². The van der Waals surface area contributed by atoms with Crippen LogP contribution in [0, 0.1) is 6.92 Å². The third-order valence-corrected chi connectivity index (χ3v) is 5.35. The Balaban J connectivity index is 1.99. The smallest absolute Gasteiger partial charge is 0.345 e. The van der Waals surface area contributed by atoms with E-state index in [1.165, 1.54) is 13.1 Å². The molecule has 128 valence electrons. The van der Waals surface area contributed by atoms with Gasteiger partial charge in [-0.3, -0.25) is 4.79 Å². The van der Waals surface area contributed by atoms with Crippen molar-refractivity contribution in [3.63, 3.8) is 0 Å². The summed E-state index contributed by atoms with van der Waals surface area (Å²) in [4.78, 5) is 14.3. The van der Waals surface area contributed by atoms with E-state index in [1.807, 2.05) is 19.1 Å². The van der Waals surface area contributed by atoms with Gasteiger partial charge in [0.1, 0.15) is 5.70 Å². The van der Waals surface area contributed by atoms with Gasteiger partial charge in [-0.1, -0.05) is 29.8 Å². The van der Waals surface area contributed by atoms with Crippen LogP contribution in [-0.2, 0) is 19.7 Å². The molecule has 1 aromatic carbocycles. The quantitative estimate of drug-likeness (QED) is 0.788. The second-order valence-corrected chi connectivity index (χ2v) is 7.35. The number of ether oxygens (including phenoxy) is 1. The first-order chi connectivity index (χ1) is 11.4. The first-order valence-electron chi connectivity index (χ1n) is 7.63. The maximum atomic E-state index is 12.7. The van der Waals surface area contributed by atoms with Crippen molar-refractivity contribution in [2.45, 2.75) is 6.92 Å². The lowest BCUT2D eigenvalue weighted by molar-refractivity contribution is -0.132. The van der Waals surface area contributed by atoms with Crippen LogP contribution in [0.15, 0.2) is 40.4 Å². The zero-order valence-corrected chi connectivity index (χ0v) is 14.4. The van der Waals surface area contributed by atoms with Gasteiger partial charge >= 0.3 is 10.2 Å². The Morgan fingerprint density at radius 3 is 2.42 bits per heavy atom. The van der Waals surface area contributed by atoms with E-state index in [1.54, 1.807) is 17.0 Å². The van der Waals surface area contributed by atoms with E-state index >= 15 is 0 Å². The molecule has 1 aromatic rings. The highest BCUT2D eigenvalue weighted by Crippen LogP contribution is 2.21. The highest BCUT2D eigenvalue weighted by atomic mass is 32.2. The molecule has 24 heavy (non-hydrogen) atoms. The fourth-order valence-corrected chi connectivity index (χ4v) is 3.45. The van der Waals surface area contributed by atoms with Crippen molar-refractivity contribution in [3.8, 4) is 0 Å². The summed E-state index contributed by atoms with van der Waals surface area (Å²) in [6, 6.07) is 7.34. The van der Waals surface area contributed by atoms with Gasteiger partial charge in [-0.15, -0.1) is 4.40 Å². The minimum atomic E-state index is -3.93. The summed E-state index contributed by atoms with van der Waals surface area (Å²) in [6.07, 6.45) is 1.53. The average Bonchev–Trinajstić information content (AvgIpc) is 2.58. The van der Waals surface area contributed by atoms with Crippen molar-refractivity contribution < 1.29 is 17.9 Å². The number of morpholine rings is 1. The average molecular weight is 349 g/mol. The normalized spacial score (nSPS) is 20.4. The standard InChI is InChI=1S/C16H19N3O4S/c1-12-3-5-13(6-4-12)14-11-15(18(2)24(21,22)17-14)16(20)19-7-9-23-10-8-19/h3-6,11H,7-10H2,1-2H3. The van der Waals surface area contributed by atoms with Crippen LogP contribution in [0.5, 0.6) is 0 Å². The van der Waals surface area contributed by atoms with Gasteiger partial charge in [0.15, 0.2) is 0 Å². The number of amides is 1. The van der Waals surface area contributed by atoms with E-state index in [4.69, 9.17) is 4.74 Å². The summed E-state index contributed by atoms with van der Waals surface area (Å²) < 4.78 is 34.7. The van der Waals surface area contributed by atoms with Crippen molar-refractivity contribution in [1.29, 1.82) is 0 Å². The molecule has 2 heterocycles. The summed E-state index contributed by atoms with van der Waals surface area (Å²) >= 11 is 0. The summed E-state index contributed by atoms with van der Waals surface area (Å²) in [5.74, 6) is -0.330. The van der Waals surface area contributed by atoms with Gasteiger partial charge in [0.2, 0.25) is 0 Å². The lowest BCUT2D eigenvalue weighted by Crippen LogP contribution is -2.45. The second-order valence-electron chi connectivity index (χ2n) is 5.72. The monoisotopic (exact) mass is 349 g/mol. The number of hydrogen-bond acceptors (Lipinski definition) is 4. The molecule has 0 aromatic heterocycles. The lowest BCUT2D eigenvalue weighted by Gasteiger charge is -2.31. The third-order valence-electron chi connectivity index (χ3n) is 4.04. The summed E-state index contributed by atoms with van der Waals surface area (Å²) in [6.45, 7) is 3.74. The van der Waals surface area contributed by atoms with Crippen LogP contribution < -0.4 is 0 Å². The number of rotatable bonds is 2. The topological polar surface area (TPSA) is 79.3 Å². The van der Waals surface area contributed by atoms with E-state index in [0.717, 1.165) is 9.87 Å². The highest BCUT2D eigenvalue weighted by Gasteiger charge is 2.32. The molecule has 3 rings (SSSR count). The summed E-state index contributed by atoms with van der Waals surface area (Å²) in [5.41, 5.74) is 2.08. The van der Waals surface area contributed by atoms with Gasteiger partial charge in [-0.25, -0.2) is 4.31 Å². The second kappa shape index (κ2) is 6.37. The van der Waals surface area contributed by atoms with Crippen LogP contribution >= 0.6 is 0 Å². The Bertz CT molecular complexity index is 806. The predicted octanol–water partition coefficient (Wildman–Crippen LogP) is 0.717. The Hall–Kier alpha value is -2.19. The number of carbonyl (C=O) groups excluding carboxylic acids is 1. The molecule has 8 heteroatoms. The molecule has 0 N–H and O–H groups in total. The largest absolute Gasteiger partial charge is 0.378 e. The van der Waals surface area contributed by atoms with Gasteiger partial charge in [-0.2, -0.15) is 8.42 Å². The molecule has 0 radical (unpaired) electrons. The molecular formula is C16H19N3O4S. The zero-order valence-electron chi connectivity index (χ0n) is 13.6. The molecule has 0 spiro atoms. The van der Waals surface area contributed by atoms with Gasteiger partial charge in [0, 0.05) is 25.7 Å². The van der Waals surface area contributed by atoms with Crippen molar-refractivity contribution >= 4 is 21.8 Å². The van der Waals surface area contributed by atoms with E-state index in [9.17, 15) is 13.2 Å². The number of hydrogen-bond donors (Lipinski definition) is 0. The molecule has 0 unspecified atom stereocenters. The molecule has 1 amide bonds. The molecule has 0 saturated carbocycles. The first kappa shape index (κ1) is 16.7. The Kier molecular flexibility index (Phi) is 4.42. The summed E-state index contributed by atoms with van der Waals surface area (Å²) in [5, 5.41) is 0. The van der Waals surface area contributed by atoms with Crippen molar-refractivity contribution in [1.82, 2.24) is 9.21 Å². The molecule has 1 fully saturated rings. The first-order valence-corrected chi connectivity index (χ1v) is 9.03. The fraction of sp³-hybridized carbons (Fsp3) is 0.375. The van der Waals surface area contributed by atoms with Crippen molar-refractivity contribution in [2.75, 3.05) is 33.4 Å². The van der Waals surface area contributed by atoms with E-state index < -0.39 is 10.2 Å². The van der Waals surface area contributed by atoms with Crippen molar-refractivity contribution in [2.24, 2.45) is 4.40 Å². The van der Waals surface area contributed by atoms with E-state index in [-0.39, 0.29) is 17.3 Å². The maximum absolute atomic E-state index is 12.7. The number of nitrogens with zero attached hydrogens (tertiary/aromatic N) is 3. The number of allylic oxidation sites excluding steroid dienone is 1. The Morgan fingerprint density at radius 2 is 1.79 bits per heavy atom. The fourth-order valence-electron chi connectivity index (χ4n) is 2.54. The zero-order chi connectivity index (χ0) is 17.3.